The average Bonchev–Trinajstić information content (AvgIpc) is 3.37. The molecule has 0 spiro atoms. The van der Waals surface area contributed by atoms with Crippen LogP contribution in [0.15, 0.2) is 78.9 Å². The van der Waals surface area contributed by atoms with Crippen molar-refractivity contribution in [1.29, 1.82) is 0 Å². The molecule has 1 fully saturated rings. The molecule has 0 radical (unpaired) electrons. The van der Waals surface area contributed by atoms with Crippen LogP contribution in [0.25, 0.3) is 22.0 Å². The van der Waals surface area contributed by atoms with Crippen molar-refractivity contribution >= 4 is 34.1 Å². The molecule has 1 saturated heterocycles. The van der Waals surface area contributed by atoms with Gasteiger partial charge in [-0.3, -0.25) is 4.79 Å². The molecule has 0 aliphatic carbocycles. The van der Waals surface area contributed by atoms with Crippen LogP contribution in [0.5, 0.6) is 0 Å². The highest BCUT2D eigenvalue weighted by Crippen LogP contribution is 2.44. The van der Waals surface area contributed by atoms with Gasteiger partial charge in [0.25, 0.3) is 0 Å². The first-order valence-electron chi connectivity index (χ1n) is 14.2. The number of aromatic nitrogens is 1. The summed E-state index contributed by atoms with van der Waals surface area (Å²) in [5, 5.41) is 16.0. The lowest BCUT2D eigenvalue weighted by Crippen LogP contribution is -2.60. The van der Waals surface area contributed by atoms with Gasteiger partial charge in [0.2, 0.25) is 5.91 Å². The smallest absolute Gasteiger partial charge is 0.230 e. The fourth-order valence-electron chi connectivity index (χ4n) is 6.65. The second-order valence-electron chi connectivity index (χ2n) is 11.1. The third-order valence-electron chi connectivity index (χ3n) is 8.69. The maximum atomic E-state index is 13.9. The number of para-hydroxylation sites is 1. The number of piperidine rings is 1. The molecule has 3 N–H and O–H groups in total. The van der Waals surface area contributed by atoms with E-state index >= 15 is 0 Å². The molecule has 3 aromatic carbocycles. The Labute approximate surface area is 241 Å². The fraction of sp³-hybridized carbons (Fsp3) is 0.333. The van der Waals surface area contributed by atoms with Crippen molar-refractivity contribution in [3.05, 3.63) is 95.7 Å². The minimum Gasteiger partial charge on any atom is -0.393 e. The number of benzene rings is 3. The number of hydrogen-bond acceptors (Lipinski definition) is 3. The van der Waals surface area contributed by atoms with Crippen LogP contribution in [0.2, 0.25) is 0 Å². The molecule has 4 atom stereocenters. The zero-order valence-corrected chi connectivity index (χ0v) is 23.8. The average molecular weight is 553 g/mol. The van der Waals surface area contributed by atoms with Crippen molar-refractivity contribution in [1.82, 2.24) is 20.1 Å². The highest BCUT2D eigenvalue weighted by molar-refractivity contribution is 7.80. The van der Waals surface area contributed by atoms with Gasteiger partial charge < -0.3 is 25.2 Å². The van der Waals surface area contributed by atoms with Gasteiger partial charge in [-0.05, 0) is 55.1 Å². The monoisotopic (exact) mass is 552 g/mol. The zero-order valence-electron chi connectivity index (χ0n) is 23.0. The first-order chi connectivity index (χ1) is 19.4. The largest absolute Gasteiger partial charge is 0.393 e. The van der Waals surface area contributed by atoms with E-state index in [-0.39, 0.29) is 18.0 Å². The van der Waals surface area contributed by atoms with E-state index in [1.807, 2.05) is 41.1 Å². The van der Waals surface area contributed by atoms with Crippen molar-refractivity contribution in [2.24, 2.45) is 5.92 Å². The van der Waals surface area contributed by atoms with E-state index in [9.17, 15) is 9.90 Å². The van der Waals surface area contributed by atoms with Gasteiger partial charge in [0.1, 0.15) is 0 Å². The third kappa shape index (κ3) is 4.78. The third-order valence-corrected chi connectivity index (χ3v) is 9.12. The summed E-state index contributed by atoms with van der Waals surface area (Å²) in [4.78, 5) is 21.7. The number of carbonyl (C=O) groups is 1. The Morgan fingerprint density at radius 2 is 1.82 bits per heavy atom. The standard InChI is InChI=1S/C33H36N4O2S/c1-21(38)29-27(36(2)33(40)34-18-16-22-10-5-3-6-11-22)20-28-31-26(17-19-37(28)32(29)39)25-15-9-14-24(30(25)35-31)23-12-7-4-8-13-23/h3-15,21,27-29,35,38H,16-20H2,1-2H3,(H,34,40)/t21-,27-,28-,29-/m0/s1. The normalized spacial score (nSPS) is 21.0. The summed E-state index contributed by atoms with van der Waals surface area (Å²) in [6.45, 7) is 3.08. The highest BCUT2D eigenvalue weighted by atomic mass is 32.1. The van der Waals surface area contributed by atoms with E-state index in [0.717, 1.165) is 24.1 Å². The Bertz CT molecular complexity index is 1520. The Kier molecular flexibility index (Phi) is 7.34. The van der Waals surface area contributed by atoms with Crippen LogP contribution < -0.4 is 5.32 Å². The highest BCUT2D eigenvalue weighted by Gasteiger charge is 2.48. The van der Waals surface area contributed by atoms with Crippen molar-refractivity contribution in [3.8, 4) is 11.1 Å². The second-order valence-corrected chi connectivity index (χ2v) is 11.4. The van der Waals surface area contributed by atoms with Crippen LogP contribution >= 0.6 is 12.2 Å². The molecular formula is C33H36N4O2S. The summed E-state index contributed by atoms with van der Waals surface area (Å²) in [7, 11) is 1.95. The molecule has 2 aliphatic rings. The van der Waals surface area contributed by atoms with Gasteiger partial charge in [0.05, 0.1) is 23.6 Å². The molecular weight excluding hydrogens is 516 g/mol. The van der Waals surface area contributed by atoms with Gasteiger partial charge >= 0.3 is 0 Å². The number of thiocarbonyl (C=S) groups is 1. The van der Waals surface area contributed by atoms with E-state index in [0.29, 0.717) is 24.6 Å². The van der Waals surface area contributed by atoms with Crippen LogP contribution in [0, 0.1) is 5.92 Å². The Balaban J connectivity index is 1.29. The van der Waals surface area contributed by atoms with E-state index in [2.05, 4.69) is 64.9 Å². The van der Waals surface area contributed by atoms with Gasteiger partial charge in [-0.15, -0.1) is 0 Å². The molecule has 2 aliphatic heterocycles. The van der Waals surface area contributed by atoms with E-state index in [1.165, 1.54) is 27.6 Å². The number of amides is 1. The predicted molar refractivity (Wildman–Crippen MR) is 164 cm³/mol. The number of carbonyl (C=O) groups excluding carboxylic acids is 1. The van der Waals surface area contributed by atoms with Gasteiger partial charge in [0, 0.05) is 42.8 Å². The van der Waals surface area contributed by atoms with Crippen LogP contribution in [0.4, 0.5) is 0 Å². The lowest BCUT2D eigenvalue weighted by atomic mass is 9.79. The number of aromatic amines is 1. The summed E-state index contributed by atoms with van der Waals surface area (Å²) in [6, 6.07) is 26.9. The van der Waals surface area contributed by atoms with E-state index in [1.54, 1.807) is 6.92 Å². The van der Waals surface area contributed by atoms with Crippen LogP contribution in [0.3, 0.4) is 0 Å². The minimum absolute atomic E-state index is 0.00257. The van der Waals surface area contributed by atoms with E-state index < -0.39 is 12.0 Å². The zero-order chi connectivity index (χ0) is 27.8. The van der Waals surface area contributed by atoms with Crippen molar-refractivity contribution in [2.45, 2.75) is 44.4 Å². The predicted octanol–water partition coefficient (Wildman–Crippen LogP) is 5.08. The first kappa shape index (κ1) is 26.5. The maximum absolute atomic E-state index is 13.9. The minimum atomic E-state index is -0.776. The first-order valence-corrected chi connectivity index (χ1v) is 14.6. The number of H-pyrrole nitrogens is 1. The second kappa shape index (κ2) is 11.1. The molecule has 4 aromatic rings. The summed E-state index contributed by atoms with van der Waals surface area (Å²) >= 11 is 5.80. The Morgan fingerprint density at radius 3 is 2.55 bits per heavy atom. The van der Waals surface area contributed by atoms with Crippen LogP contribution in [-0.2, 0) is 17.6 Å². The lowest BCUT2D eigenvalue weighted by Gasteiger charge is -2.49. The van der Waals surface area contributed by atoms with Gasteiger partial charge in [-0.1, -0.05) is 78.9 Å². The Hall–Kier alpha value is -3.68. The SMILES string of the molecule is C[C@H](O)[C@@H]1C(=O)N2CCc3c([nH]c4c(-c5ccccc5)cccc34)[C@@H]2C[C@@H]1N(C)C(=S)NCCc1ccccc1. The summed E-state index contributed by atoms with van der Waals surface area (Å²) in [6.07, 6.45) is 1.57. The van der Waals surface area contributed by atoms with Crippen molar-refractivity contribution in [2.75, 3.05) is 20.1 Å². The number of hydrogen-bond donors (Lipinski definition) is 3. The van der Waals surface area contributed by atoms with Crippen molar-refractivity contribution < 1.29 is 9.90 Å². The summed E-state index contributed by atoms with van der Waals surface area (Å²) in [5.41, 5.74) is 7.11. The van der Waals surface area contributed by atoms with Crippen molar-refractivity contribution in [3.63, 3.8) is 0 Å². The molecule has 6 rings (SSSR count). The molecule has 0 saturated carbocycles. The van der Waals surface area contributed by atoms with Gasteiger partial charge in [-0.25, -0.2) is 0 Å². The maximum Gasteiger partial charge on any atom is 0.230 e. The molecule has 1 aromatic heterocycles. The molecule has 6 nitrogen and oxygen atoms in total. The molecule has 0 unspecified atom stereocenters. The molecule has 3 heterocycles. The molecule has 0 bridgehead atoms. The van der Waals surface area contributed by atoms with Crippen LogP contribution in [-0.4, -0.2) is 63.2 Å². The number of aliphatic hydroxyl groups excluding tert-OH is 1. The number of aliphatic hydroxyl groups is 1. The molecule has 206 valence electrons. The quantitative estimate of drug-likeness (QED) is 0.291. The van der Waals surface area contributed by atoms with Gasteiger partial charge in [-0.2, -0.15) is 0 Å². The molecule has 1 amide bonds. The molecule has 40 heavy (non-hydrogen) atoms. The number of rotatable bonds is 6. The number of nitrogens with zero attached hydrogens (tertiary/aromatic N) is 2. The Morgan fingerprint density at radius 1 is 1.10 bits per heavy atom. The van der Waals surface area contributed by atoms with Crippen LogP contribution in [0.1, 0.15) is 36.2 Å². The van der Waals surface area contributed by atoms with Gasteiger partial charge in [0.15, 0.2) is 5.11 Å². The summed E-state index contributed by atoms with van der Waals surface area (Å²) in [5.74, 6) is -0.538. The summed E-state index contributed by atoms with van der Waals surface area (Å²) < 4.78 is 0. The lowest BCUT2D eigenvalue weighted by molar-refractivity contribution is -0.151. The number of fused-ring (bicyclic) bond motifs is 5. The topological polar surface area (TPSA) is 71.6 Å². The fourth-order valence-corrected chi connectivity index (χ4v) is 6.89. The van der Waals surface area contributed by atoms with E-state index in [4.69, 9.17) is 12.2 Å². The molecule has 7 heteroatoms. The number of nitrogens with one attached hydrogen (secondary N) is 2.